The van der Waals surface area contributed by atoms with E-state index in [1.807, 2.05) is 0 Å². The molecule has 1 fully saturated rings. The van der Waals surface area contributed by atoms with E-state index in [1.165, 1.54) is 32.1 Å². The Morgan fingerprint density at radius 3 is 2.42 bits per heavy atom. The zero-order valence-corrected chi connectivity index (χ0v) is 12.0. The summed E-state index contributed by atoms with van der Waals surface area (Å²) in [5.41, 5.74) is 0.777. The molecule has 1 aliphatic carbocycles. The zero-order chi connectivity index (χ0) is 13.7. The minimum absolute atomic E-state index is 0.00963. The van der Waals surface area contributed by atoms with Gasteiger partial charge in [0.15, 0.2) is 0 Å². The van der Waals surface area contributed by atoms with Crippen molar-refractivity contribution in [3.05, 3.63) is 18.0 Å². The summed E-state index contributed by atoms with van der Waals surface area (Å²) in [4.78, 5) is 11.2. The maximum absolute atomic E-state index is 9.06. The van der Waals surface area contributed by atoms with Gasteiger partial charge in [0.05, 0.1) is 6.61 Å². The van der Waals surface area contributed by atoms with E-state index < -0.39 is 0 Å². The molecule has 0 unspecified atom stereocenters. The maximum atomic E-state index is 9.06. The fourth-order valence-electron chi connectivity index (χ4n) is 2.64. The highest BCUT2D eigenvalue weighted by Gasteiger charge is 2.24. The molecule has 0 aromatic carbocycles. The van der Waals surface area contributed by atoms with Crippen LogP contribution in [0.2, 0.25) is 0 Å². The van der Waals surface area contributed by atoms with Crippen molar-refractivity contribution in [2.45, 2.75) is 58.6 Å². The minimum Gasteiger partial charge on any atom is -0.392 e. The fourth-order valence-corrected chi connectivity index (χ4v) is 2.64. The molecular weight excluding hydrogens is 238 g/mol. The first-order valence-corrected chi connectivity index (χ1v) is 7.39. The van der Waals surface area contributed by atoms with E-state index in [0.29, 0.717) is 12.0 Å². The van der Waals surface area contributed by atoms with Gasteiger partial charge in [0.1, 0.15) is 0 Å². The molecule has 0 aliphatic heterocycles. The van der Waals surface area contributed by atoms with Crippen LogP contribution in [0.25, 0.3) is 0 Å². The van der Waals surface area contributed by atoms with Gasteiger partial charge in [-0.05, 0) is 25.2 Å². The van der Waals surface area contributed by atoms with Crippen LogP contribution in [0.15, 0.2) is 12.4 Å². The van der Waals surface area contributed by atoms with E-state index in [9.17, 15) is 0 Å². The number of rotatable bonds is 6. The first-order valence-electron chi connectivity index (χ1n) is 7.39. The highest BCUT2D eigenvalue weighted by atomic mass is 16.3. The Hall–Kier alpha value is -1.16. The largest absolute Gasteiger partial charge is 0.392 e. The normalized spacial score (nSPS) is 16.2. The lowest BCUT2D eigenvalue weighted by Crippen LogP contribution is -2.36. The molecule has 4 nitrogen and oxygen atoms in total. The molecule has 0 amide bonds. The third-order valence-corrected chi connectivity index (χ3v) is 3.84. The third-order valence-electron chi connectivity index (χ3n) is 3.84. The van der Waals surface area contributed by atoms with Crippen molar-refractivity contribution in [3.63, 3.8) is 0 Å². The molecule has 0 radical (unpaired) electrons. The molecule has 0 spiro atoms. The summed E-state index contributed by atoms with van der Waals surface area (Å²) in [6, 6.07) is 0.596. The van der Waals surface area contributed by atoms with Crippen LogP contribution in [0.3, 0.4) is 0 Å². The predicted octanol–water partition coefficient (Wildman–Crippen LogP) is 2.76. The average Bonchev–Trinajstić information content (AvgIpc) is 2.93. The first-order chi connectivity index (χ1) is 9.20. The Bertz CT molecular complexity index is 371. The topological polar surface area (TPSA) is 49.2 Å². The number of hydrogen-bond acceptors (Lipinski definition) is 4. The Labute approximate surface area is 115 Å². The molecular formula is C15H25N3O. The lowest BCUT2D eigenvalue weighted by atomic mass is 10.1. The second-order valence-electron chi connectivity index (χ2n) is 5.86. The van der Waals surface area contributed by atoms with Crippen LogP contribution < -0.4 is 4.90 Å². The number of anilines is 1. The molecule has 0 bridgehead atoms. The van der Waals surface area contributed by atoms with Crippen LogP contribution >= 0.6 is 0 Å². The highest BCUT2D eigenvalue weighted by molar-refractivity contribution is 5.32. The molecule has 0 atom stereocenters. The maximum Gasteiger partial charge on any atom is 0.225 e. The van der Waals surface area contributed by atoms with Crippen LogP contribution in [0, 0.1) is 5.92 Å². The Balaban J connectivity index is 2.09. The number of aliphatic hydroxyl groups excluding tert-OH is 1. The van der Waals surface area contributed by atoms with Gasteiger partial charge in [0, 0.05) is 30.5 Å². The molecule has 19 heavy (non-hydrogen) atoms. The lowest BCUT2D eigenvalue weighted by molar-refractivity contribution is 0.281. The molecule has 1 aromatic heterocycles. The van der Waals surface area contributed by atoms with Crippen molar-refractivity contribution in [2.75, 3.05) is 11.4 Å². The summed E-state index contributed by atoms with van der Waals surface area (Å²) in [6.45, 7) is 5.54. The second kappa shape index (κ2) is 6.85. The van der Waals surface area contributed by atoms with Crippen molar-refractivity contribution in [1.82, 2.24) is 9.97 Å². The molecule has 1 saturated carbocycles. The smallest absolute Gasteiger partial charge is 0.225 e. The van der Waals surface area contributed by atoms with E-state index in [1.54, 1.807) is 12.4 Å². The molecule has 1 heterocycles. The summed E-state index contributed by atoms with van der Waals surface area (Å²) in [7, 11) is 0. The van der Waals surface area contributed by atoms with Gasteiger partial charge in [0.2, 0.25) is 5.95 Å². The molecule has 2 rings (SSSR count). The Morgan fingerprint density at radius 2 is 1.89 bits per heavy atom. The molecule has 4 heteroatoms. The SMILES string of the molecule is CC(C)CCN(c1ncc(CO)cn1)C1CCCC1. The molecule has 0 saturated heterocycles. The lowest BCUT2D eigenvalue weighted by Gasteiger charge is -2.29. The summed E-state index contributed by atoms with van der Waals surface area (Å²) >= 11 is 0. The molecule has 1 aromatic rings. The monoisotopic (exact) mass is 263 g/mol. The fraction of sp³-hybridized carbons (Fsp3) is 0.733. The first kappa shape index (κ1) is 14.3. The van der Waals surface area contributed by atoms with Gasteiger partial charge in [-0.25, -0.2) is 9.97 Å². The number of nitrogens with zero attached hydrogens (tertiary/aromatic N) is 3. The van der Waals surface area contributed by atoms with Gasteiger partial charge in [-0.1, -0.05) is 26.7 Å². The van der Waals surface area contributed by atoms with Crippen molar-refractivity contribution in [3.8, 4) is 0 Å². The quantitative estimate of drug-likeness (QED) is 0.857. The number of hydrogen-bond donors (Lipinski definition) is 1. The summed E-state index contributed by atoms with van der Waals surface area (Å²) in [5.74, 6) is 1.52. The summed E-state index contributed by atoms with van der Waals surface area (Å²) in [6.07, 6.45) is 9.78. The standard InChI is InChI=1S/C15H25N3O/c1-12(2)7-8-18(14-5-3-4-6-14)15-16-9-13(11-19)10-17-15/h9-10,12,14,19H,3-8,11H2,1-2H3. The molecule has 1 aliphatic rings. The highest BCUT2D eigenvalue weighted by Crippen LogP contribution is 2.26. The Kier molecular flexibility index (Phi) is 5.14. The van der Waals surface area contributed by atoms with Crippen LogP contribution in [0.1, 0.15) is 51.5 Å². The molecule has 1 N–H and O–H groups in total. The van der Waals surface area contributed by atoms with Gasteiger partial charge >= 0.3 is 0 Å². The zero-order valence-electron chi connectivity index (χ0n) is 12.0. The minimum atomic E-state index is 0.00963. The van der Waals surface area contributed by atoms with Crippen LogP contribution in [-0.4, -0.2) is 27.7 Å². The van der Waals surface area contributed by atoms with E-state index in [2.05, 4.69) is 28.7 Å². The number of aliphatic hydroxyl groups is 1. The van der Waals surface area contributed by atoms with Crippen LogP contribution in [-0.2, 0) is 6.61 Å². The molecule has 106 valence electrons. The van der Waals surface area contributed by atoms with Crippen molar-refractivity contribution >= 4 is 5.95 Å². The van der Waals surface area contributed by atoms with E-state index in [-0.39, 0.29) is 6.61 Å². The van der Waals surface area contributed by atoms with E-state index in [0.717, 1.165) is 18.1 Å². The van der Waals surface area contributed by atoms with Crippen molar-refractivity contribution in [1.29, 1.82) is 0 Å². The summed E-state index contributed by atoms with van der Waals surface area (Å²) < 4.78 is 0. The number of aromatic nitrogens is 2. The van der Waals surface area contributed by atoms with E-state index in [4.69, 9.17) is 5.11 Å². The van der Waals surface area contributed by atoms with Crippen LogP contribution in [0.5, 0.6) is 0 Å². The van der Waals surface area contributed by atoms with Gasteiger partial charge in [-0.2, -0.15) is 0 Å². The van der Waals surface area contributed by atoms with Crippen molar-refractivity contribution in [2.24, 2.45) is 5.92 Å². The van der Waals surface area contributed by atoms with Gasteiger partial charge in [-0.3, -0.25) is 0 Å². The van der Waals surface area contributed by atoms with Gasteiger partial charge in [0.25, 0.3) is 0 Å². The van der Waals surface area contributed by atoms with Gasteiger partial charge in [-0.15, -0.1) is 0 Å². The predicted molar refractivity (Wildman–Crippen MR) is 77.0 cm³/mol. The van der Waals surface area contributed by atoms with Crippen molar-refractivity contribution < 1.29 is 5.11 Å². The third kappa shape index (κ3) is 3.90. The van der Waals surface area contributed by atoms with Gasteiger partial charge < -0.3 is 10.0 Å². The van der Waals surface area contributed by atoms with E-state index >= 15 is 0 Å². The average molecular weight is 263 g/mol. The second-order valence-corrected chi connectivity index (χ2v) is 5.86. The van der Waals surface area contributed by atoms with Crippen LogP contribution in [0.4, 0.5) is 5.95 Å². The summed E-state index contributed by atoms with van der Waals surface area (Å²) in [5, 5.41) is 9.06. The Morgan fingerprint density at radius 1 is 1.26 bits per heavy atom.